The number of anilines is 1. The van der Waals surface area contributed by atoms with Gasteiger partial charge in [0.05, 0.1) is 12.1 Å². The fourth-order valence-electron chi connectivity index (χ4n) is 2.40. The monoisotopic (exact) mass is 273 g/mol. The van der Waals surface area contributed by atoms with Crippen molar-refractivity contribution in [2.45, 2.75) is 13.8 Å². The molecule has 0 amide bonds. The molecule has 4 heteroatoms. The van der Waals surface area contributed by atoms with Gasteiger partial charge in [0, 0.05) is 36.9 Å². The molecule has 0 unspecified atom stereocenters. The molecule has 0 atom stereocenters. The first-order chi connectivity index (χ1) is 9.76. The van der Waals surface area contributed by atoms with E-state index in [0.717, 1.165) is 42.8 Å². The van der Waals surface area contributed by atoms with Crippen molar-refractivity contribution in [1.29, 1.82) is 0 Å². The Hall–Kier alpha value is -1.65. The normalized spacial score (nSPS) is 11.2. The smallest absolute Gasteiger partial charge is 0.0751 e. The highest BCUT2D eigenvalue weighted by molar-refractivity contribution is 5.92. The predicted molar refractivity (Wildman–Crippen MR) is 84.2 cm³/mol. The van der Waals surface area contributed by atoms with Crippen LogP contribution in [0.4, 0.5) is 5.69 Å². The van der Waals surface area contributed by atoms with E-state index < -0.39 is 0 Å². The highest BCUT2D eigenvalue weighted by Crippen LogP contribution is 2.23. The van der Waals surface area contributed by atoms with Gasteiger partial charge in [-0.25, -0.2) is 0 Å². The first-order valence-corrected chi connectivity index (χ1v) is 7.17. The number of fused-ring (bicyclic) bond motifs is 1. The number of aromatic nitrogens is 1. The Morgan fingerprint density at radius 3 is 2.85 bits per heavy atom. The third-order valence-corrected chi connectivity index (χ3v) is 3.58. The molecule has 20 heavy (non-hydrogen) atoms. The number of rotatable bonds is 7. The maximum absolute atomic E-state index is 8.99. The van der Waals surface area contributed by atoms with E-state index >= 15 is 0 Å². The fraction of sp³-hybridized carbons (Fsp3) is 0.438. The summed E-state index contributed by atoms with van der Waals surface area (Å²) in [6.45, 7) is 7.88. The molecule has 0 bridgehead atoms. The number of para-hydroxylation sites is 1. The van der Waals surface area contributed by atoms with E-state index in [1.165, 1.54) is 5.56 Å². The Morgan fingerprint density at radius 1 is 1.25 bits per heavy atom. The number of aliphatic hydroxyl groups excluding tert-OH is 1. The standard InChI is InChI=1S/C16H23N3O/c1-3-19(11-12-20)10-9-17-15-7-8-18-16-13(2)5-4-6-14(15)16/h4-8,20H,3,9-12H2,1-2H3,(H,17,18). The molecule has 1 aromatic carbocycles. The van der Waals surface area contributed by atoms with Crippen LogP contribution in [0, 0.1) is 6.92 Å². The Balaban J connectivity index is 2.05. The summed E-state index contributed by atoms with van der Waals surface area (Å²) in [6, 6.07) is 8.26. The number of benzene rings is 1. The van der Waals surface area contributed by atoms with Gasteiger partial charge in [-0.05, 0) is 25.1 Å². The van der Waals surface area contributed by atoms with Crippen molar-refractivity contribution >= 4 is 16.6 Å². The van der Waals surface area contributed by atoms with E-state index in [1.807, 2.05) is 12.3 Å². The summed E-state index contributed by atoms with van der Waals surface area (Å²) in [5.74, 6) is 0. The van der Waals surface area contributed by atoms with Gasteiger partial charge in [0.25, 0.3) is 0 Å². The predicted octanol–water partition coefficient (Wildman–Crippen LogP) is 2.27. The molecule has 108 valence electrons. The Labute approximate surface area is 120 Å². The van der Waals surface area contributed by atoms with Gasteiger partial charge >= 0.3 is 0 Å². The molecule has 0 fully saturated rings. The molecule has 0 saturated heterocycles. The van der Waals surface area contributed by atoms with Crippen molar-refractivity contribution in [3.63, 3.8) is 0 Å². The SMILES string of the molecule is CCN(CCO)CCNc1ccnc2c(C)cccc12. The summed E-state index contributed by atoms with van der Waals surface area (Å²) in [6.07, 6.45) is 1.85. The summed E-state index contributed by atoms with van der Waals surface area (Å²) in [7, 11) is 0. The lowest BCUT2D eigenvalue weighted by Gasteiger charge is -2.19. The molecule has 1 aromatic heterocycles. The third kappa shape index (κ3) is 3.46. The molecule has 0 radical (unpaired) electrons. The van der Waals surface area contributed by atoms with E-state index in [9.17, 15) is 0 Å². The van der Waals surface area contributed by atoms with Gasteiger partial charge in [-0.15, -0.1) is 0 Å². The molecule has 0 aliphatic heterocycles. The van der Waals surface area contributed by atoms with Crippen LogP contribution in [0.1, 0.15) is 12.5 Å². The number of aryl methyl sites for hydroxylation is 1. The van der Waals surface area contributed by atoms with E-state index in [0.29, 0.717) is 0 Å². The summed E-state index contributed by atoms with van der Waals surface area (Å²) in [4.78, 5) is 6.67. The average Bonchev–Trinajstić information content (AvgIpc) is 2.47. The van der Waals surface area contributed by atoms with Crippen molar-refractivity contribution in [1.82, 2.24) is 9.88 Å². The van der Waals surface area contributed by atoms with Crippen molar-refractivity contribution in [2.75, 3.05) is 38.1 Å². The molecular formula is C16H23N3O. The van der Waals surface area contributed by atoms with Crippen LogP contribution in [0.25, 0.3) is 10.9 Å². The van der Waals surface area contributed by atoms with Crippen LogP contribution in [-0.4, -0.2) is 47.8 Å². The van der Waals surface area contributed by atoms with E-state index in [1.54, 1.807) is 0 Å². The van der Waals surface area contributed by atoms with Crippen LogP contribution in [0.15, 0.2) is 30.5 Å². The number of likely N-dealkylation sites (N-methyl/N-ethyl adjacent to an activating group) is 1. The zero-order valence-electron chi connectivity index (χ0n) is 12.3. The highest BCUT2D eigenvalue weighted by Gasteiger charge is 2.04. The van der Waals surface area contributed by atoms with E-state index in [-0.39, 0.29) is 6.61 Å². The number of hydrogen-bond donors (Lipinski definition) is 2. The average molecular weight is 273 g/mol. The molecule has 1 heterocycles. The number of pyridine rings is 1. The fourth-order valence-corrected chi connectivity index (χ4v) is 2.40. The van der Waals surface area contributed by atoms with Crippen molar-refractivity contribution in [2.24, 2.45) is 0 Å². The first-order valence-electron chi connectivity index (χ1n) is 7.17. The van der Waals surface area contributed by atoms with Crippen LogP contribution in [0.5, 0.6) is 0 Å². The summed E-state index contributed by atoms with van der Waals surface area (Å²) < 4.78 is 0. The maximum Gasteiger partial charge on any atom is 0.0751 e. The van der Waals surface area contributed by atoms with Gasteiger partial charge in [0.15, 0.2) is 0 Å². The topological polar surface area (TPSA) is 48.4 Å². The number of hydrogen-bond acceptors (Lipinski definition) is 4. The van der Waals surface area contributed by atoms with E-state index in [4.69, 9.17) is 5.11 Å². The molecule has 2 N–H and O–H groups in total. The van der Waals surface area contributed by atoms with Gasteiger partial charge in [-0.1, -0.05) is 25.1 Å². The second kappa shape index (κ2) is 7.22. The number of nitrogens with zero attached hydrogens (tertiary/aromatic N) is 2. The minimum absolute atomic E-state index is 0.214. The zero-order valence-corrected chi connectivity index (χ0v) is 12.3. The lowest BCUT2D eigenvalue weighted by atomic mass is 10.1. The van der Waals surface area contributed by atoms with Crippen LogP contribution in [0.3, 0.4) is 0 Å². The van der Waals surface area contributed by atoms with Crippen LogP contribution < -0.4 is 5.32 Å². The van der Waals surface area contributed by atoms with Gasteiger partial charge in [-0.2, -0.15) is 0 Å². The molecule has 2 aromatic rings. The number of aliphatic hydroxyl groups is 1. The molecule has 0 aliphatic carbocycles. The molecule has 2 rings (SSSR count). The minimum atomic E-state index is 0.214. The van der Waals surface area contributed by atoms with Crippen molar-refractivity contribution in [3.05, 3.63) is 36.0 Å². The second-order valence-electron chi connectivity index (χ2n) is 4.91. The van der Waals surface area contributed by atoms with Crippen LogP contribution >= 0.6 is 0 Å². The van der Waals surface area contributed by atoms with Gasteiger partial charge in [-0.3, -0.25) is 9.88 Å². The summed E-state index contributed by atoms with van der Waals surface area (Å²) >= 11 is 0. The Morgan fingerprint density at radius 2 is 2.10 bits per heavy atom. The zero-order chi connectivity index (χ0) is 14.4. The molecule has 0 aliphatic rings. The first kappa shape index (κ1) is 14.8. The minimum Gasteiger partial charge on any atom is -0.395 e. The van der Waals surface area contributed by atoms with Crippen molar-refractivity contribution < 1.29 is 5.11 Å². The lowest BCUT2D eigenvalue weighted by Crippen LogP contribution is -2.31. The quantitative estimate of drug-likeness (QED) is 0.812. The number of nitrogens with one attached hydrogen (secondary N) is 1. The summed E-state index contributed by atoms with van der Waals surface area (Å²) in [5, 5.41) is 13.6. The molecule has 0 spiro atoms. The van der Waals surface area contributed by atoms with Gasteiger partial charge in [0.1, 0.15) is 0 Å². The third-order valence-electron chi connectivity index (χ3n) is 3.58. The van der Waals surface area contributed by atoms with Gasteiger partial charge in [0.2, 0.25) is 0 Å². The maximum atomic E-state index is 8.99. The van der Waals surface area contributed by atoms with Crippen molar-refractivity contribution in [3.8, 4) is 0 Å². The Bertz CT molecular complexity index is 556. The van der Waals surface area contributed by atoms with Crippen LogP contribution in [-0.2, 0) is 0 Å². The molecule has 0 saturated carbocycles. The van der Waals surface area contributed by atoms with Gasteiger partial charge < -0.3 is 10.4 Å². The lowest BCUT2D eigenvalue weighted by molar-refractivity contribution is 0.206. The Kier molecular flexibility index (Phi) is 5.32. The molecular weight excluding hydrogens is 250 g/mol. The second-order valence-corrected chi connectivity index (χ2v) is 4.91. The molecule has 4 nitrogen and oxygen atoms in total. The largest absolute Gasteiger partial charge is 0.395 e. The highest BCUT2D eigenvalue weighted by atomic mass is 16.3. The van der Waals surface area contributed by atoms with Crippen LogP contribution in [0.2, 0.25) is 0 Å². The summed E-state index contributed by atoms with van der Waals surface area (Å²) in [5.41, 5.74) is 3.38. The van der Waals surface area contributed by atoms with E-state index in [2.05, 4.69) is 47.2 Å².